The standard InChI is InChI=1S/C17H18N2O3/c1-12(2)18-17(21)15(11-14-9-6-10-22-14)19-16(20)13-7-4-3-5-8-13/h3-12H,1-2H3,(H,18,21)(H,19,20)/b15-11-. The maximum Gasteiger partial charge on any atom is 0.268 e. The van der Waals surface area contributed by atoms with Crippen LogP contribution in [-0.2, 0) is 4.79 Å². The Kier molecular flexibility index (Phi) is 5.14. The molecule has 5 nitrogen and oxygen atoms in total. The van der Waals surface area contributed by atoms with E-state index in [1.54, 1.807) is 36.4 Å². The number of hydrogen-bond acceptors (Lipinski definition) is 3. The van der Waals surface area contributed by atoms with Gasteiger partial charge in [0.15, 0.2) is 0 Å². The second kappa shape index (κ2) is 7.26. The third kappa shape index (κ3) is 4.34. The minimum Gasteiger partial charge on any atom is -0.465 e. The Bertz CT molecular complexity index is 658. The van der Waals surface area contributed by atoms with Crippen molar-refractivity contribution in [2.24, 2.45) is 0 Å². The number of furan rings is 1. The number of benzene rings is 1. The summed E-state index contributed by atoms with van der Waals surface area (Å²) in [6.45, 7) is 3.70. The van der Waals surface area contributed by atoms with Gasteiger partial charge in [0.1, 0.15) is 11.5 Å². The molecule has 2 N–H and O–H groups in total. The Hall–Kier alpha value is -2.82. The fourth-order valence-electron chi connectivity index (χ4n) is 1.80. The van der Waals surface area contributed by atoms with Crippen molar-refractivity contribution >= 4 is 17.9 Å². The van der Waals surface area contributed by atoms with Crippen molar-refractivity contribution in [3.63, 3.8) is 0 Å². The summed E-state index contributed by atoms with van der Waals surface area (Å²) in [6, 6.07) is 12.1. The van der Waals surface area contributed by atoms with E-state index in [-0.39, 0.29) is 23.6 Å². The first-order valence-corrected chi connectivity index (χ1v) is 6.98. The molecule has 0 aliphatic carbocycles. The third-order valence-electron chi connectivity index (χ3n) is 2.78. The van der Waals surface area contributed by atoms with E-state index < -0.39 is 0 Å². The van der Waals surface area contributed by atoms with E-state index in [1.807, 2.05) is 19.9 Å². The molecule has 0 saturated carbocycles. The summed E-state index contributed by atoms with van der Waals surface area (Å²) in [6.07, 6.45) is 3.00. The molecule has 22 heavy (non-hydrogen) atoms. The Morgan fingerprint density at radius 2 is 1.82 bits per heavy atom. The molecule has 114 valence electrons. The molecule has 0 spiro atoms. The molecule has 5 heteroatoms. The van der Waals surface area contributed by atoms with Crippen LogP contribution in [0.5, 0.6) is 0 Å². The molecule has 0 aliphatic rings. The van der Waals surface area contributed by atoms with Gasteiger partial charge in [-0.25, -0.2) is 0 Å². The molecular weight excluding hydrogens is 280 g/mol. The maximum absolute atomic E-state index is 12.2. The molecule has 0 fully saturated rings. The molecule has 1 aromatic heterocycles. The number of carbonyl (C=O) groups is 2. The van der Waals surface area contributed by atoms with Crippen LogP contribution in [0.15, 0.2) is 58.8 Å². The van der Waals surface area contributed by atoms with Crippen LogP contribution in [0.3, 0.4) is 0 Å². The van der Waals surface area contributed by atoms with Gasteiger partial charge in [-0.2, -0.15) is 0 Å². The van der Waals surface area contributed by atoms with Crippen molar-refractivity contribution in [3.05, 3.63) is 65.7 Å². The van der Waals surface area contributed by atoms with Crippen molar-refractivity contribution in [2.75, 3.05) is 0 Å². The van der Waals surface area contributed by atoms with Crippen LogP contribution in [0.25, 0.3) is 6.08 Å². The summed E-state index contributed by atoms with van der Waals surface area (Å²) in [5.41, 5.74) is 0.614. The first-order valence-electron chi connectivity index (χ1n) is 6.98. The van der Waals surface area contributed by atoms with E-state index in [2.05, 4.69) is 10.6 Å². The summed E-state index contributed by atoms with van der Waals surface area (Å²) in [5, 5.41) is 5.38. The highest BCUT2D eigenvalue weighted by Gasteiger charge is 2.15. The van der Waals surface area contributed by atoms with Crippen LogP contribution in [0.4, 0.5) is 0 Å². The van der Waals surface area contributed by atoms with E-state index in [0.717, 1.165) is 0 Å². The number of amides is 2. The molecule has 0 bridgehead atoms. The van der Waals surface area contributed by atoms with Gasteiger partial charge in [-0.05, 0) is 38.1 Å². The zero-order valence-corrected chi connectivity index (χ0v) is 12.5. The molecule has 0 radical (unpaired) electrons. The van der Waals surface area contributed by atoms with Crippen LogP contribution in [-0.4, -0.2) is 17.9 Å². The summed E-state index contributed by atoms with van der Waals surface area (Å²) in [4.78, 5) is 24.4. The normalized spacial score (nSPS) is 11.3. The van der Waals surface area contributed by atoms with E-state index in [0.29, 0.717) is 11.3 Å². The highest BCUT2D eigenvalue weighted by atomic mass is 16.3. The quantitative estimate of drug-likeness (QED) is 0.833. The summed E-state index contributed by atoms with van der Waals surface area (Å²) >= 11 is 0. The highest BCUT2D eigenvalue weighted by Crippen LogP contribution is 2.08. The van der Waals surface area contributed by atoms with E-state index in [1.165, 1.54) is 12.3 Å². The molecule has 2 amide bonds. The fourth-order valence-corrected chi connectivity index (χ4v) is 1.80. The van der Waals surface area contributed by atoms with E-state index in [9.17, 15) is 9.59 Å². The first-order chi connectivity index (χ1) is 10.6. The van der Waals surface area contributed by atoms with Gasteiger partial charge in [0.2, 0.25) is 0 Å². The minimum absolute atomic E-state index is 0.0406. The summed E-state index contributed by atoms with van der Waals surface area (Å²) in [5.74, 6) is -0.227. The lowest BCUT2D eigenvalue weighted by atomic mass is 10.2. The average Bonchev–Trinajstić information content (AvgIpc) is 2.99. The molecule has 1 heterocycles. The van der Waals surface area contributed by atoms with Gasteiger partial charge in [-0.3, -0.25) is 9.59 Å². The van der Waals surface area contributed by atoms with Gasteiger partial charge in [-0.15, -0.1) is 0 Å². The Balaban J connectivity index is 2.21. The van der Waals surface area contributed by atoms with E-state index in [4.69, 9.17) is 4.42 Å². The topological polar surface area (TPSA) is 71.3 Å². The van der Waals surface area contributed by atoms with Crippen molar-refractivity contribution in [1.82, 2.24) is 10.6 Å². The second-order valence-corrected chi connectivity index (χ2v) is 5.02. The van der Waals surface area contributed by atoms with Gasteiger partial charge in [0, 0.05) is 17.7 Å². The van der Waals surface area contributed by atoms with Crippen LogP contribution in [0.2, 0.25) is 0 Å². The Morgan fingerprint density at radius 3 is 2.41 bits per heavy atom. The average molecular weight is 298 g/mol. The van der Waals surface area contributed by atoms with Gasteiger partial charge >= 0.3 is 0 Å². The first kappa shape index (κ1) is 15.6. The lowest BCUT2D eigenvalue weighted by Crippen LogP contribution is -2.38. The molecular formula is C17H18N2O3. The SMILES string of the molecule is CC(C)NC(=O)/C(=C/c1ccco1)NC(=O)c1ccccc1. The number of carbonyl (C=O) groups excluding carboxylic acids is 2. The third-order valence-corrected chi connectivity index (χ3v) is 2.78. The van der Waals surface area contributed by atoms with Crippen LogP contribution in [0.1, 0.15) is 30.0 Å². The molecule has 2 aromatic rings. The monoisotopic (exact) mass is 298 g/mol. The molecule has 2 rings (SSSR count). The lowest BCUT2D eigenvalue weighted by molar-refractivity contribution is -0.118. The second-order valence-electron chi connectivity index (χ2n) is 5.02. The molecule has 0 aliphatic heterocycles. The predicted molar refractivity (Wildman–Crippen MR) is 83.9 cm³/mol. The van der Waals surface area contributed by atoms with Crippen molar-refractivity contribution < 1.29 is 14.0 Å². The Morgan fingerprint density at radius 1 is 1.09 bits per heavy atom. The van der Waals surface area contributed by atoms with Gasteiger partial charge in [0.05, 0.1) is 6.26 Å². The predicted octanol–water partition coefficient (Wildman–Crippen LogP) is 2.58. The zero-order valence-electron chi connectivity index (χ0n) is 12.5. The van der Waals surface area contributed by atoms with Crippen molar-refractivity contribution in [1.29, 1.82) is 0 Å². The van der Waals surface area contributed by atoms with Crippen LogP contribution >= 0.6 is 0 Å². The minimum atomic E-state index is -0.365. The molecule has 0 unspecified atom stereocenters. The molecule has 0 saturated heterocycles. The summed E-state index contributed by atoms with van der Waals surface area (Å²) < 4.78 is 5.20. The molecule has 0 atom stereocenters. The van der Waals surface area contributed by atoms with Gasteiger partial charge in [-0.1, -0.05) is 18.2 Å². The largest absolute Gasteiger partial charge is 0.465 e. The fraction of sp³-hybridized carbons (Fsp3) is 0.176. The van der Waals surface area contributed by atoms with Crippen LogP contribution in [0, 0.1) is 0 Å². The van der Waals surface area contributed by atoms with Crippen molar-refractivity contribution in [2.45, 2.75) is 19.9 Å². The van der Waals surface area contributed by atoms with Gasteiger partial charge < -0.3 is 15.1 Å². The maximum atomic E-state index is 12.2. The van der Waals surface area contributed by atoms with Crippen molar-refractivity contribution in [3.8, 4) is 0 Å². The van der Waals surface area contributed by atoms with E-state index >= 15 is 0 Å². The smallest absolute Gasteiger partial charge is 0.268 e. The molecule has 1 aromatic carbocycles. The van der Waals surface area contributed by atoms with Gasteiger partial charge in [0.25, 0.3) is 11.8 Å². The summed E-state index contributed by atoms with van der Waals surface area (Å²) in [7, 11) is 0. The number of nitrogens with one attached hydrogen (secondary N) is 2. The Labute approximate surface area is 129 Å². The zero-order chi connectivity index (χ0) is 15.9. The lowest BCUT2D eigenvalue weighted by Gasteiger charge is -2.12. The number of hydrogen-bond donors (Lipinski definition) is 2. The highest BCUT2D eigenvalue weighted by molar-refractivity contribution is 6.05. The van der Waals surface area contributed by atoms with Crippen LogP contribution < -0.4 is 10.6 Å². The number of rotatable bonds is 5.